The monoisotopic (exact) mass is 287 g/mol. The molecule has 1 aromatic rings. The van der Waals surface area contributed by atoms with Crippen molar-refractivity contribution in [1.82, 2.24) is 4.72 Å². The van der Waals surface area contributed by atoms with Gasteiger partial charge in [0, 0.05) is 13.2 Å². The van der Waals surface area contributed by atoms with E-state index in [0.717, 1.165) is 0 Å². The van der Waals surface area contributed by atoms with Gasteiger partial charge in [-0.15, -0.1) is 0 Å². The minimum absolute atomic E-state index is 0.0717. The van der Waals surface area contributed by atoms with Crippen molar-refractivity contribution in [3.05, 3.63) is 23.3 Å². The van der Waals surface area contributed by atoms with Crippen molar-refractivity contribution in [2.24, 2.45) is 0 Å². The second-order valence-corrected chi connectivity index (χ2v) is 6.12. The van der Waals surface area contributed by atoms with Crippen LogP contribution in [-0.2, 0) is 10.0 Å². The Balaban J connectivity index is 2.95. The highest BCUT2D eigenvalue weighted by Crippen LogP contribution is 2.25. The van der Waals surface area contributed by atoms with Gasteiger partial charge in [0.15, 0.2) is 0 Å². The Labute approximate surface area is 114 Å². The molecule has 1 aromatic carbocycles. The minimum Gasteiger partial charge on any atom is -0.497 e. The van der Waals surface area contributed by atoms with E-state index < -0.39 is 10.0 Å². The maximum absolute atomic E-state index is 12.2. The van der Waals surface area contributed by atoms with E-state index in [1.165, 1.54) is 0 Å². The number of aliphatic hydroxyl groups excluding tert-OH is 1. The second-order valence-electron chi connectivity index (χ2n) is 4.42. The highest BCUT2D eigenvalue weighted by atomic mass is 32.2. The third-order valence-electron chi connectivity index (χ3n) is 2.82. The first-order chi connectivity index (χ1) is 8.92. The fraction of sp³-hybridized carbons (Fsp3) is 0.538. The molecule has 0 aliphatic carbocycles. The molecular formula is C13H21NO4S. The molecule has 19 heavy (non-hydrogen) atoms. The van der Waals surface area contributed by atoms with Gasteiger partial charge in [-0.1, -0.05) is 0 Å². The van der Waals surface area contributed by atoms with Crippen LogP contribution in [0.4, 0.5) is 0 Å². The number of benzene rings is 1. The molecule has 0 heterocycles. The maximum atomic E-state index is 12.2. The molecule has 1 rings (SSSR count). The van der Waals surface area contributed by atoms with Gasteiger partial charge in [0.25, 0.3) is 0 Å². The number of hydrogen-bond donors (Lipinski definition) is 2. The van der Waals surface area contributed by atoms with Crippen molar-refractivity contribution in [1.29, 1.82) is 0 Å². The summed E-state index contributed by atoms with van der Waals surface area (Å²) in [5.41, 5.74) is 1.32. The fourth-order valence-electron chi connectivity index (χ4n) is 1.97. The number of aliphatic hydroxyl groups is 1. The third-order valence-corrected chi connectivity index (χ3v) is 4.58. The van der Waals surface area contributed by atoms with Crippen molar-refractivity contribution in [2.45, 2.75) is 31.6 Å². The lowest BCUT2D eigenvalue weighted by Crippen LogP contribution is -2.26. The lowest BCUT2D eigenvalue weighted by molar-refractivity contribution is 0.285. The van der Waals surface area contributed by atoms with E-state index in [1.54, 1.807) is 33.1 Å². The first kappa shape index (κ1) is 15.9. The standard InChI is InChI=1S/C13H21NO4S/c1-10-8-12(18-3)9-11(2)13(10)19(16,17)14-6-4-5-7-15/h8-9,14-15H,4-7H2,1-3H3. The van der Waals surface area contributed by atoms with Crippen LogP contribution < -0.4 is 9.46 Å². The van der Waals surface area contributed by atoms with Gasteiger partial charge < -0.3 is 9.84 Å². The number of aryl methyl sites for hydroxylation is 2. The Bertz CT molecular complexity index is 502. The molecule has 0 bridgehead atoms. The average Bonchev–Trinajstić information content (AvgIpc) is 2.33. The highest BCUT2D eigenvalue weighted by Gasteiger charge is 2.19. The Hall–Kier alpha value is -1.11. The van der Waals surface area contributed by atoms with Crippen LogP contribution >= 0.6 is 0 Å². The number of nitrogens with one attached hydrogen (secondary N) is 1. The van der Waals surface area contributed by atoms with E-state index in [-0.39, 0.29) is 6.61 Å². The van der Waals surface area contributed by atoms with Crippen LogP contribution in [0, 0.1) is 13.8 Å². The zero-order valence-corrected chi connectivity index (χ0v) is 12.4. The molecule has 6 heteroatoms. The molecule has 108 valence electrons. The van der Waals surface area contributed by atoms with Gasteiger partial charge in [-0.2, -0.15) is 0 Å². The predicted octanol–water partition coefficient (Wildman–Crippen LogP) is 1.36. The van der Waals surface area contributed by atoms with Gasteiger partial charge in [0.05, 0.1) is 12.0 Å². The molecule has 5 nitrogen and oxygen atoms in total. The van der Waals surface area contributed by atoms with Crippen LogP contribution in [0.3, 0.4) is 0 Å². The van der Waals surface area contributed by atoms with Crippen LogP contribution in [0.2, 0.25) is 0 Å². The summed E-state index contributed by atoms with van der Waals surface area (Å²) in [6.07, 6.45) is 1.20. The number of sulfonamides is 1. The van der Waals surface area contributed by atoms with Gasteiger partial charge in [0.2, 0.25) is 10.0 Å². The first-order valence-corrected chi connectivity index (χ1v) is 7.66. The zero-order valence-electron chi connectivity index (χ0n) is 11.6. The SMILES string of the molecule is COc1cc(C)c(S(=O)(=O)NCCCCO)c(C)c1. The highest BCUT2D eigenvalue weighted by molar-refractivity contribution is 7.89. The van der Waals surface area contributed by atoms with E-state index >= 15 is 0 Å². The molecule has 0 radical (unpaired) electrons. The smallest absolute Gasteiger partial charge is 0.241 e. The molecule has 0 aromatic heterocycles. The molecule has 0 atom stereocenters. The first-order valence-electron chi connectivity index (χ1n) is 6.18. The maximum Gasteiger partial charge on any atom is 0.241 e. The van der Waals surface area contributed by atoms with Gasteiger partial charge in [-0.25, -0.2) is 13.1 Å². The number of rotatable bonds is 7. The summed E-state index contributed by atoms with van der Waals surface area (Å²) < 4.78 is 32.1. The van der Waals surface area contributed by atoms with E-state index in [9.17, 15) is 8.42 Å². The number of unbranched alkanes of at least 4 members (excludes halogenated alkanes) is 1. The molecule has 0 spiro atoms. The summed E-state index contributed by atoms with van der Waals surface area (Å²) in [6, 6.07) is 3.41. The van der Waals surface area contributed by atoms with Gasteiger partial charge >= 0.3 is 0 Å². The topological polar surface area (TPSA) is 75.6 Å². The second kappa shape index (κ2) is 6.88. The van der Waals surface area contributed by atoms with Crippen molar-refractivity contribution < 1.29 is 18.3 Å². The van der Waals surface area contributed by atoms with E-state index in [2.05, 4.69) is 4.72 Å². The van der Waals surface area contributed by atoms with E-state index in [4.69, 9.17) is 9.84 Å². The average molecular weight is 287 g/mol. The van der Waals surface area contributed by atoms with Crippen molar-refractivity contribution in [3.63, 3.8) is 0 Å². The summed E-state index contributed by atoms with van der Waals surface area (Å²) >= 11 is 0. The fourth-order valence-corrected chi connectivity index (χ4v) is 3.49. The Morgan fingerprint density at radius 3 is 2.26 bits per heavy atom. The molecule has 0 unspecified atom stereocenters. The van der Waals surface area contributed by atoms with Crippen molar-refractivity contribution >= 4 is 10.0 Å². The van der Waals surface area contributed by atoms with Crippen LogP contribution in [0.25, 0.3) is 0 Å². The van der Waals surface area contributed by atoms with Crippen molar-refractivity contribution in [2.75, 3.05) is 20.3 Å². The Kier molecular flexibility index (Phi) is 5.78. The molecule has 0 saturated carbocycles. The molecule has 0 aliphatic rings. The molecular weight excluding hydrogens is 266 g/mol. The van der Waals surface area contributed by atoms with Crippen LogP contribution in [0.5, 0.6) is 5.75 Å². The van der Waals surface area contributed by atoms with Gasteiger partial charge in [-0.3, -0.25) is 0 Å². The molecule has 0 amide bonds. The quantitative estimate of drug-likeness (QED) is 0.743. The summed E-state index contributed by atoms with van der Waals surface area (Å²) in [5.74, 6) is 0.647. The normalized spacial score (nSPS) is 11.6. The van der Waals surface area contributed by atoms with E-state index in [0.29, 0.717) is 41.2 Å². The van der Waals surface area contributed by atoms with Crippen LogP contribution in [0.15, 0.2) is 17.0 Å². The Morgan fingerprint density at radius 2 is 1.79 bits per heavy atom. The van der Waals surface area contributed by atoms with Crippen molar-refractivity contribution in [3.8, 4) is 5.75 Å². The van der Waals surface area contributed by atoms with Crippen LogP contribution in [0.1, 0.15) is 24.0 Å². The lowest BCUT2D eigenvalue weighted by Gasteiger charge is -2.13. The minimum atomic E-state index is -3.51. The molecule has 0 saturated heterocycles. The lowest BCUT2D eigenvalue weighted by atomic mass is 10.1. The predicted molar refractivity (Wildman–Crippen MR) is 74.0 cm³/mol. The number of hydrogen-bond acceptors (Lipinski definition) is 4. The van der Waals surface area contributed by atoms with E-state index in [1.807, 2.05) is 0 Å². The molecule has 0 aliphatic heterocycles. The molecule has 0 fully saturated rings. The third kappa shape index (κ3) is 4.19. The zero-order chi connectivity index (χ0) is 14.5. The summed E-state index contributed by atoms with van der Waals surface area (Å²) in [6.45, 7) is 3.89. The number of methoxy groups -OCH3 is 1. The summed E-state index contributed by atoms with van der Waals surface area (Å²) in [5, 5.41) is 8.67. The number of ether oxygens (including phenoxy) is 1. The largest absolute Gasteiger partial charge is 0.497 e. The molecule has 2 N–H and O–H groups in total. The summed E-state index contributed by atoms with van der Waals surface area (Å²) in [4.78, 5) is 0.303. The van der Waals surface area contributed by atoms with Gasteiger partial charge in [0.1, 0.15) is 5.75 Å². The Morgan fingerprint density at radius 1 is 1.21 bits per heavy atom. The summed E-state index contributed by atoms with van der Waals surface area (Å²) in [7, 11) is -1.96. The van der Waals surface area contributed by atoms with Crippen LogP contribution in [-0.4, -0.2) is 33.8 Å². The van der Waals surface area contributed by atoms with Gasteiger partial charge in [-0.05, 0) is 49.9 Å².